The van der Waals surface area contributed by atoms with E-state index in [2.05, 4.69) is 5.32 Å². The number of nitro benzene ring substituents is 1. The number of carbonyl (C=O) groups excluding carboxylic acids is 1. The van der Waals surface area contributed by atoms with Crippen molar-refractivity contribution in [1.29, 1.82) is 0 Å². The Kier molecular flexibility index (Phi) is 5.97. The zero-order valence-electron chi connectivity index (χ0n) is 15.4. The van der Waals surface area contributed by atoms with Crippen LogP contribution in [0, 0.1) is 17.0 Å². The first-order valence-corrected chi connectivity index (χ1v) is 8.88. The molecule has 1 atom stereocenters. The predicted molar refractivity (Wildman–Crippen MR) is 110 cm³/mol. The van der Waals surface area contributed by atoms with Crippen LogP contribution in [0.3, 0.4) is 0 Å². The fraction of sp³-hybridized carbons (Fsp3) is 0.0870. The van der Waals surface area contributed by atoms with Crippen molar-refractivity contribution in [1.82, 2.24) is 5.32 Å². The Balaban J connectivity index is 1.83. The number of non-ortho nitro benzene ring substituents is 1. The summed E-state index contributed by atoms with van der Waals surface area (Å²) in [6.45, 7) is 2.01. The number of hydrogen-bond donors (Lipinski definition) is 1. The summed E-state index contributed by atoms with van der Waals surface area (Å²) < 4.78 is 0. The maximum atomic E-state index is 12.6. The first-order chi connectivity index (χ1) is 13.5. The summed E-state index contributed by atoms with van der Waals surface area (Å²) in [5.41, 5.74) is 3.67. The number of carbonyl (C=O) groups is 1. The van der Waals surface area contributed by atoms with Gasteiger partial charge in [-0.2, -0.15) is 0 Å². The van der Waals surface area contributed by atoms with E-state index in [-0.39, 0.29) is 17.6 Å². The molecule has 0 unspecified atom stereocenters. The van der Waals surface area contributed by atoms with Gasteiger partial charge in [0.15, 0.2) is 0 Å². The van der Waals surface area contributed by atoms with E-state index in [0.717, 1.165) is 16.7 Å². The molecule has 0 aliphatic heterocycles. The standard InChI is InChI=1S/C23H20N2O3/c1-17-8-5-6-13-21(17)23(19-10-3-2-4-11-19)24-22(26)15-14-18-9-7-12-20(16-18)25(27)28/h2-16,23H,1H3,(H,24,26)/b15-14+/t23-/m1/s1. The van der Waals surface area contributed by atoms with E-state index in [0.29, 0.717) is 5.56 Å². The van der Waals surface area contributed by atoms with E-state index in [1.807, 2.05) is 61.5 Å². The second-order valence-electron chi connectivity index (χ2n) is 6.39. The highest BCUT2D eigenvalue weighted by Crippen LogP contribution is 2.25. The van der Waals surface area contributed by atoms with E-state index in [1.165, 1.54) is 18.2 Å². The zero-order valence-corrected chi connectivity index (χ0v) is 15.4. The average Bonchev–Trinajstić information content (AvgIpc) is 2.72. The lowest BCUT2D eigenvalue weighted by atomic mass is 9.95. The summed E-state index contributed by atoms with van der Waals surface area (Å²) >= 11 is 0. The Labute approximate surface area is 163 Å². The quantitative estimate of drug-likeness (QED) is 0.383. The van der Waals surface area contributed by atoms with Gasteiger partial charge < -0.3 is 5.32 Å². The number of nitrogens with one attached hydrogen (secondary N) is 1. The molecule has 140 valence electrons. The molecule has 3 aromatic rings. The van der Waals surface area contributed by atoms with Crippen molar-refractivity contribution in [2.45, 2.75) is 13.0 Å². The van der Waals surface area contributed by atoms with Crippen LogP contribution in [0.5, 0.6) is 0 Å². The van der Waals surface area contributed by atoms with E-state index in [4.69, 9.17) is 0 Å². The van der Waals surface area contributed by atoms with Crippen LogP contribution in [0.15, 0.2) is 84.9 Å². The van der Waals surface area contributed by atoms with E-state index in [1.54, 1.807) is 18.2 Å². The minimum absolute atomic E-state index is 0.00960. The van der Waals surface area contributed by atoms with Crippen molar-refractivity contribution >= 4 is 17.7 Å². The molecule has 3 aromatic carbocycles. The van der Waals surface area contributed by atoms with Gasteiger partial charge in [-0.25, -0.2) is 0 Å². The van der Waals surface area contributed by atoms with Crippen LogP contribution in [0.4, 0.5) is 5.69 Å². The molecular formula is C23H20N2O3. The number of benzene rings is 3. The SMILES string of the molecule is Cc1ccccc1[C@H](NC(=O)/C=C/c1cccc([N+](=O)[O-])c1)c1ccccc1. The van der Waals surface area contributed by atoms with Crippen LogP contribution in [-0.2, 0) is 4.79 Å². The molecule has 0 bridgehead atoms. The van der Waals surface area contributed by atoms with Gasteiger partial charge in [-0.3, -0.25) is 14.9 Å². The molecule has 1 N–H and O–H groups in total. The molecule has 28 heavy (non-hydrogen) atoms. The maximum absolute atomic E-state index is 12.6. The molecule has 0 radical (unpaired) electrons. The maximum Gasteiger partial charge on any atom is 0.270 e. The third-order valence-corrected chi connectivity index (χ3v) is 4.43. The molecule has 0 heterocycles. The second kappa shape index (κ2) is 8.77. The molecule has 0 aliphatic carbocycles. The Hall–Kier alpha value is -3.73. The van der Waals surface area contributed by atoms with Gasteiger partial charge in [0.1, 0.15) is 0 Å². The highest BCUT2D eigenvalue weighted by Gasteiger charge is 2.17. The van der Waals surface area contributed by atoms with Gasteiger partial charge in [0, 0.05) is 18.2 Å². The largest absolute Gasteiger partial charge is 0.342 e. The Morgan fingerprint density at radius 1 is 1.00 bits per heavy atom. The monoisotopic (exact) mass is 372 g/mol. The molecule has 5 nitrogen and oxygen atoms in total. The van der Waals surface area contributed by atoms with Crippen molar-refractivity contribution < 1.29 is 9.72 Å². The minimum Gasteiger partial charge on any atom is -0.342 e. The van der Waals surface area contributed by atoms with Gasteiger partial charge in [-0.05, 0) is 35.3 Å². The molecule has 0 aromatic heterocycles. The van der Waals surface area contributed by atoms with E-state index in [9.17, 15) is 14.9 Å². The molecule has 0 saturated carbocycles. The lowest BCUT2D eigenvalue weighted by molar-refractivity contribution is -0.384. The normalized spacial score (nSPS) is 11.9. The van der Waals surface area contributed by atoms with E-state index < -0.39 is 4.92 Å². The lowest BCUT2D eigenvalue weighted by Gasteiger charge is -2.21. The van der Waals surface area contributed by atoms with Crippen LogP contribution in [0.25, 0.3) is 6.08 Å². The van der Waals surface area contributed by atoms with Crippen molar-refractivity contribution in [2.24, 2.45) is 0 Å². The summed E-state index contributed by atoms with van der Waals surface area (Å²) in [5.74, 6) is -0.274. The molecule has 0 aliphatic rings. The summed E-state index contributed by atoms with van der Waals surface area (Å²) in [7, 11) is 0. The Morgan fingerprint density at radius 2 is 1.71 bits per heavy atom. The second-order valence-corrected chi connectivity index (χ2v) is 6.39. The summed E-state index contributed by atoms with van der Waals surface area (Å²) in [5, 5.41) is 13.9. The van der Waals surface area contributed by atoms with Gasteiger partial charge in [-0.1, -0.05) is 66.7 Å². The number of aryl methyl sites for hydroxylation is 1. The first kappa shape index (κ1) is 19.0. The summed E-state index contributed by atoms with van der Waals surface area (Å²) in [6, 6.07) is 23.5. The van der Waals surface area contributed by atoms with Gasteiger partial charge in [0.25, 0.3) is 5.69 Å². The number of rotatable bonds is 6. The molecule has 0 saturated heterocycles. The van der Waals surface area contributed by atoms with Gasteiger partial charge in [0.2, 0.25) is 5.91 Å². The summed E-state index contributed by atoms with van der Waals surface area (Å²) in [4.78, 5) is 23.0. The van der Waals surface area contributed by atoms with Crippen molar-refractivity contribution in [3.63, 3.8) is 0 Å². The predicted octanol–water partition coefficient (Wildman–Crippen LogP) is 4.82. The fourth-order valence-corrected chi connectivity index (χ4v) is 3.00. The number of amides is 1. The van der Waals surface area contributed by atoms with Crippen molar-refractivity contribution in [3.8, 4) is 0 Å². The molecule has 0 fully saturated rings. The van der Waals surface area contributed by atoms with Gasteiger partial charge >= 0.3 is 0 Å². The van der Waals surface area contributed by atoms with Crippen LogP contribution in [0.1, 0.15) is 28.3 Å². The smallest absolute Gasteiger partial charge is 0.270 e. The molecule has 1 amide bonds. The molecular weight excluding hydrogens is 352 g/mol. The van der Waals surface area contributed by atoms with Crippen LogP contribution >= 0.6 is 0 Å². The molecule has 5 heteroatoms. The third-order valence-electron chi connectivity index (χ3n) is 4.43. The highest BCUT2D eigenvalue weighted by molar-refractivity contribution is 5.92. The third kappa shape index (κ3) is 4.71. The number of nitro groups is 1. The molecule has 3 rings (SSSR count). The fourth-order valence-electron chi connectivity index (χ4n) is 3.00. The van der Waals surface area contributed by atoms with Crippen molar-refractivity contribution in [3.05, 3.63) is 117 Å². The van der Waals surface area contributed by atoms with Crippen molar-refractivity contribution in [2.75, 3.05) is 0 Å². The average molecular weight is 372 g/mol. The molecule has 0 spiro atoms. The van der Waals surface area contributed by atoms with Crippen LogP contribution in [0.2, 0.25) is 0 Å². The van der Waals surface area contributed by atoms with Gasteiger partial charge in [0.05, 0.1) is 11.0 Å². The van der Waals surface area contributed by atoms with Crippen LogP contribution < -0.4 is 5.32 Å². The van der Waals surface area contributed by atoms with E-state index >= 15 is 0 Å². The minimum atomic E-state index is -0.457. The first-order valence-electron chi connectivity index (χ1n) is 8.88. The highest BCUT2D eigenvalue weighted by atomic mass is 16.6. The number of hydrogen-bond acceptors (Lipinski definition) is 3. The number of nitrogens with zero attached hydrogens (tertiary/aromatic N) is 1. The van der Waals surface area contributed by atoms with Crippen LogP contribution in [-0.4, -0.2) is 10.8 Å². The Morgan fingerprint density at radius 3 is 2.43 bits per heavy atom. The lowest BCUT2D eigenvalue weighted by Crippen LogP contribution is -2.28. The Bertz CT molecular complexity index is 1010. The topological polar surface area (TPSA) is 72.2 Å². The summed E-state index contributed by atoms with van der Waals surface area (Å²) in [6.07, 6.45) is 2.97. The van der Waals surface area contributed by atoms with Gasteiger partial charge in [-0.15, -0.1) is 0 Å². The zero-order chi connectivity index (χ0) is 19.9.